The molecule has 0 aromatic carbocycles. The van der Waals surface area contributed by atoms with Crippen LogP contribution in [0.25, 0.3) is 0 Å². The molecule has 5 nitrogen and oxygen atoms in total. The Morgan fingerprint density at radius 1 is 1.11 bits per heavy atom. The molecule has 0 bridgehead atoms. The molecule has 0 aromatic rings. The van der Waals surface area contributed by atoms with Gasteiger partial charge in [0.25, 0.3) is 0 Å². The predicted molar refractivity (Wildman–Crippen MR) is 127 cm³/mol. The van der Waals surface area contributed by atoms with Crippen molar-refractivity contribution in [3.05, 3.63) is 0 Å². The van der Waals surface area contributed by atoms with Crippen LogP contribution < -0.4 is 10.6 Å². The average molecular weight is 514 g/mol. The van der Waals surface area contributed by atoms with E-state index in [1.54, 1.807) is 0 Å². The number of hydrogen-bond acceptors (Lipinski definition) is 3. The highest BCUT2D eigenvalue weighted by Gasteiger charge is 2.26. The van der Waals surface area contributed by atoms with Gasteiger partial charge in [-0.2, -0.15) is 0 Å². The maximum absolute atomic E-state index is 12.1. The van der Waals surface area contributed by atoms with E-state index in [4.69, 9.17) is 9.73 Å². The molecule has 0 heterocycles. The van der Waals surface area contributed by atoms with E-state index in [1.165, 1.54) is 32.1 Å². The highest BCUT2D eigenvalue weighted by Crippen LogP contribution is 2.23. The van der Waals surface area contributed by atoms with E-state index in [9.17, 15) is 4.21 Å². The number of rotatable bonds is 9. The van der Waals surface area contributed by atoms with Crippen molar-refractivity contribution < 1.29 is 8.95 Å². The molecule has 3 unspecified atom stereocenters. The van der Waals surface area contributed by atoms with Gasteiger partial charge in [0.05, 0.1) is 6.10 Å². The number of ether oxygens (including phenoxy) is 1. The standard InChI is InChI=1S/C20H39N3O2S.HI/c1-3-21-20(22-14-9-15-25-18-11-6-5-7-12-18)23-17-10-8-13-19(16-17)26(24)4-2;/h17-19H,3-16H2,1-2H3,(H2,21,22,23);1H. The molecule has 0 amide bonds. The van der Waals surface area contributed by atoms with Crippen molar-refractivity contribution in [2.24, 2.45) is 4.99 Å². The average Bonchev–Trinajstić information content (AvgIpc) is 2.68. The molecule has 7 heteroatoms. The van der Waals surface area contributed by atoms with Gasteiger partial charge in [0.15, 0.2) is 5.96 Å². The summed E-state index contributed by atoms with van der Waals surface area (Å²) in [5.41, 5.74) is 0. The maximum atomic E-state index is 12.1. The first-order valence-corrected chi connectivity index (χ1v) is 12.1. The summed E-state index contributed by atoms with van der Waals surface area (Å²) in [6.45, 7) is 6.59. The molecule has 2 rings (SSSR count). The Morgan fingerprint density at radius 2 is 1.89 bits per heavy atom. The molecular formula is C20H40IN3O2S. The van der Waals surface area contributed by atoms with Gasteiger partial charge >= 0.3 is 0 Å². The lowest BCUT2D eigenvalue weighted by atomic mass is 9.95. The molecule has 27 heavy (non-hydrogen) atoms. The minimum absolute atomic E-state index is 0. The molecular weight excluding hydrogens is 473 g/mol. The lowest BCUT2D eigenvalue weighted by molar-refractivity contribution is 0.0281. The number of halogens is 1. The normalized spacial score (nSPS) is 25.5. The fourth-order valence-corrected chi connectivity index (χ4v) is 5.35. The zero-order chi connectivity index (χ0) is 18.6. The molecule has 2 fully saturated rings. The minimum Gasteiger partial charge on any atom is -0.378 e. The summed E-state index contributed by atoms with van der Waals surface area (Å²) in [5.74, 6) is 1.67. The monoisotopic (exact) mass is 513 g/mol. The largest absolute Gasteiger partial charge is 0.378 e. The highest BCUT2D eigenvalue weighted by atomic mass is 127. The molecule has 2 N–H and O–H groups in total. The Hall–Kier alpha value is 0.110. The zero-order valence-electron chi connectivity index (χ0n) is 17.2. The van der Waals surface area contributed by atoms with Crippen molar-refractivity contribution in [2.45, 2.75) is 95.5 Å². The van der Waals surface area contributed by atoms with Crippen LogP contribution in [0.2, 0.25) is 0 Å². The fourth-order valence-electron chi connectivity index (χ4n) is 4.00. The molecule has 0 radical (unpaired) electrons. The van der Waals surface area contributed by atoms with E-state index in [2.05, 4.69) is 17.6 Å². The van der Waals surface area contributed by atoms with Gasteiger partial charge in [-0.25, -0.2) is 0 Å². The number of nitrogens with one attached hydrogen (secondary N) is 2. The summed E-state index contributed by atoms with van der Waals surface area (Å²) >= 11 is 0. The molecule has 0 aliphatic heterocycles. The van der Waals surface area contributed by atoms with E-state index >= 15 is 0 Å². The Labute approximate surface area is 185 Å². The number of nitrogens with zero attached hydrogens (tertiary/aromatic N) is 1. The van der Waals surface area contributed by atoms with Crippen molar-refractivity contribution in [3.8, 4) is 0 Å². The Balaban J connectivity index is 0.00000364. The van der Waals surface area contributed by atoms with Gasteiger partial charge in [-0.3, -0.25) is 9.20 Å². The van der Waals surface area contributed by atoms with Crippen LogP contribution in [0.4, 0.5) is 0 Å². The Kier molecular flexibility index (Phi) is 14.0. The summed E-state index contributed by atoms with van der Waals surface area (Å²) < 4.78 is 18.1. The van der Waals surface area contributed by atoms with Crippen molar-refractivity contribution in [2.75, 3.05) is 25.4 Å². The van der Waals surface area contributed by atoms with Gasteiger partial charge in [-0.1, -0.05) is 32.6 Å². The van der Waals surface area contributed by atoms with Crippen LogP contribution in [0.5, 0.6) is 0 Å². The second-order valence-corrected chi connectivity index (χ2v) is 9.55. The van der Waals surface area contributed by atoms with E-state index in [1.807, 2.05) is 6.92 Å². The van der Waals surface area contributed by atoms with Crippen LogP contribution in [0, 0.1) is 0 Å². The maximum Gasteiger partial charge on any atom is 0.191 e. The predicted octanol–water partition coefficient (Wildman–Crippen LogP) is 3.98. The highest BCUT2D eigenvalue weighted by molar-refractivity contribution is 14.0. The topological polar surface area (TPSA) is 62.7 Å². The quantitative estimate of drug-likeness (QED) is 0.212. The van der Waals surface area contributed by atoms with Gasteiger partial charge in [0, 0.05) is 47.5 Å². The van der Waals surface area contributed by atoms with Gasteiger partial charge in [0.2, 0.25) is 0 Å². The van der Waals surface area contributed by atoms with Gasteiger partial charge in [-0.05, 0) is 45.4 Å². The van der Waals surface area contributed by atoms with Crippen molar-refractivity contribution in [3.63, 3.8) is 0 Å². The van der Waals surface area contributed by atoms with Gasteiger partial charge < -0.3 is 15.4 Å². The summed E-state index contributed by atoms with van der Waals surface area (Å²) in [6.07, 6.45) is 12.3. The lowest BCUT2D eigenvalue weighted by Crippen LogP contribution is -2.46. The summed E-state index contributed by atoms with van der Waals surface area (Å²) in [7, 11) is -0.680. The van der Waals surface area contributed by atoms with Crippen LogP contribution in [0.3, 0.4) is 0 Å². The van der Waals surface area contributed by atoms with E-state index < -0.39 is 10.8 Å². The Morgan fingerprint density at radius 3 is 2.59 bits per heavy atom. The number of hydrogen-bond donors (Lipinski definition) is 2. The summed E-state index contributed by atoms with van der Waals surface area (Å²) in [6, 6.07) is 0.389. The van der Waals surface area contributed by atoms with Gasteiger partial charge in [0.1, 0.15) is 0 Å². The van der Waals surface area contributed by atoms with Crippen molar-refractivity contribution in [1.82, 2.24) is 10.6 Å². The van der Waals surface area contributed by atoms with E-state index in [-0.39, 0.29) is 24.0 Å². The second-order valence-electron chi connectivity index (χ2n) is 7.54. The third kappa shape index (κ3) is 9.92. The zero-order valence-corrected chi connectivity index (χ0v) is 20.4. The van der Waals surface area contributed by atoms with E-state index in [0.29, 0.717) is 17.4 Å². The third-order valence-corrected chi connectivity index (χ3v) is 7.19. The fraction of sp³-hybridized carbons (Fsp3) is 0.950. The smallest absolute Gasteiger partial charge is 0.191 e. The van der Waals surface area contributed by atoms with Gasteiger partial charge in [-0.15, -0.1) is 24.0 Å². The molecule has 0 saturated heterocycles. The van der Waals surface area contributed by atoms with Crippen LogP contribution in [-0.2, 0) is 15.5 Å². The van der Waals surface area contributed by atoms with Crippen LogP contribution >= 0.6 is 24.0 Å². The number of guanidine groups is 1. The summed E-state index contributed by atoms with van der Waals surface area (Å²) in [5, 5.41) is 7.27. The van der Waals surface area contributed by atoms with Crippen LogP contribution in [0.1, 0.15) is 78.1 Å². The lowest BCUT2D eigenvalue weighted by Gasteiger charge is -2.30. The Bertz CT molecular complexity index is 445. The molecule has 2 aliphatic rings. The first kappa shape index (κ1) is 25.1. The third-order valence-electron chi connectivity index (χ3n) is 5.45. The van der Waals surface area contributed by atoms with E-state index in [0.717, 1.165) is 63.5 Å². The van der Waals surface area contributed by atoms with Crippen LogP contribution in [-0.4, -0.2) is 53.0 Å². The minimum atomic E-state index is -0.680. The molecule has 0 aromatic heterocycles. The van der Waals surface area contributed by atoms with Crippen molar-refractivity contribution in [1.29, 1.82) is 0 Å². The second kappa shape index (κ2) is 15.0. The molecule has 0 spiro atoms. The van der Waals surface area contributed by atoms with Crippen molar-refractivity contribution >= 4 is 40.7 Å². The SMILES string of the molecule is CCNC(=NCCCOC1CCCCC1)NC1CCCC(S(=O)CC)C1.I. The van der Waals surface area contributed by atoms with Crippen LogP contribution in [0.15, 0.2) is 4.99 Å². The molecule has 3 atom stereocenters. The molecule has 2 aliphatic carbocycles. The molecule has 160 valence electrons. The molecule has 2 saturated carbocycles. The first-order valence-electron chi connectivity index (χ1n) is 10.8. The summed E-state index contributed by atoms with van der Waals surface area (Å²) in [4.78, 5) is 4.72. The number of aliphatic imine (C=N–C) groups is 1. The first-order chi connectivity index (χ1) is 12.7.